The van der Waals surface area contributed by atoms with Crippen molar-refractivity contribution in [3.8, 4) is 0 Å². The second kappa shape index (κ2) is 9.74. The summed E-state index contributed by atoms with van der Waals surface area (Å²) in [4.78, 5) is 10.4. The van der Waals surface area contributed by atoms with E-state index in [1.165, 1.54) is 18.2 Å². The molecule has 0 saturated heterocycles. The zero-order valence-electron chi connectivity index (χ0n) is 13.2. The van der Waals surface area contributed by atoms with E-state index in [0.717, 1.165) is 26.4 Å². The molecule has 2 aromatic heterocycles. The van der Waals surface area contributed by atoms with E-state index in [2.05, 4.69) is 43.6 Å². The molecule has 0 radical (unpaired) electrons. The van der Waals surface area contributed by atoms with Crippen LogP contribution in [0, 0.1) is 0 Å². The van der Waals surface area contributed by atoms with Crippen LogP contribution in [0.3, 0.4) is 0 Å². The highest BCUT2D eigenvalue weighted by Gasteiger charge is 2.04. The molecule has 0 aliphatic heterocycles. The van der Waals surface area contributed by atoms with Gasteiger partial charge in [-0.25, -0.2) is 4.98 Å². The maximum Gasteiger partial charge on any atom is 0.0770 e. The third-order valence-corrected chi connectivity index (χ3v) is 3.30. The van der Waals surface area contributed by atoms with Crippen molar-refractivity contribution in [2.24, 2.45) is 0 Å². The van der Waals surface area contributed by atoms with Gasteiger partial charge in [-0.2, -0.15) is 0 Å². The molecule has 0 aromatic carbocycles. The van der Waals surface area contributed by atoms with Crippen molar-refractivity contribution in [3.05, 3.63) is 79.2 Å². The third kappa shape index (κ3) is 5.70. The predicted octanol–water partition coefficient (Wildman–Crippen LogP) is 6.01. The van der Waals surface area contributed by atoms with Gasteiger partial charge in [-0.15, -0.1) is 0 Å². The fraction of sp³-hybridized carbons (Fsp3) is 0.158. The van der Waals surface area contributed by atoms with Crippen LogP contribution in [-0.4, -0.2) is 9.97 Å². The summed E-state index contributed by atoms with van der Waals surface area (Å²) in [6, 6.07) is 5.84. The summed E-state index contributed by atoms with van der Waals surface area (Å²) >= 11 is 1.50. The molecule has 0 spiro atoms. The second-order valence-electron chi connectivity index (χ2n) is 4.56. The highest BCUT2D eigenvalue weighted by atomic mass is 32.2. The van der Waals surface area contributed by atoms with Crippen molar-refractivity contribution in [1.82, 2.24) is 9.97 Å². The molecule has 0 saturated carbocycles. The van der Waals surface area contributed by atoms with Crippen LogP contribution in [0.25, 0.3) is 15.8 Å². The summed E-state index contributed by atoms with van der Waals surface area (Å²) in [5.41, 5.74) is 1.78. The number of nitrogens with zero attached hydrogens (tertiary/aromatic N) is 2. The van der Waals surface area contributed by atoms with Gasteiger partial charge in [0, 0.05) is 27.6 Å². The minimum atomic E-state index is 0.858. The summed E-state index contributed by atoms with van der Waals surface area (Å²) in [6.07, 6.45) is 10.3. The van der Waals surface area contributed by atoms with Crippen LogP contribution in [0.5, 0.6) is 0 Å². The highest BCUT2D eigenvalue weighted by Crippen LogP contribution is 2.31. The van der Waals surface area contributed by atoms with Crippen molar-refractivity contribution in [2.45, 2.75) is 20.3 Å². The van der Waals surface area contributed by atoms with Crippen LogP contribution in [0.1, 0.15) is 26.0 Å². The molecule has 114 valence electrons. The maximum absolute atomic E-state index is 4.56. The highest BCUT2D eigenvalue weighted by molar-refractivity contribution is 8.11. The zero-order chi connectivity index (χ0) is 16.4. The average molecular weight is 310 g/mol. The predicted molar refractivity (Wildman–Crippen MR) is 101 cm³/mol. The summed E-state index contributed by atoms with van der Waals surface area (Å²) in [5, 5.41) is 1.02. The van der Waals surface area contributed by atoms with E-state index in [4.69, 9.17) is 0 Å². The Morgan fingerprint density at radius 1 is 1.23 bits per heavy atom. The third-order valence-electron chi connectivity index (χ3n) is 2.45. The Labute approximate surface area is 137 Å². The van der Waals surface area contributed by atoms with Crippen LogP contribution < -0.4 is 0 Å². The first-order chi connectivity index (χ1) is 10.6. The molecule has 0 atom stereocenters. The molecule has 0 fully saturated rings. The van der Waals surface area contributed by atoms with E-state index >= 15 is 0 Å². The normalized spacial score (nSPS) is 10.1. The lowest BCUT2D eigenvalue weighted by atomic mass is 10.2. The number of thioether (sulfide) groups is 1. The molecule has 0 aliphatic rings. The Hall–Kier alpha value is -2.13. The zero-order valence-corrected chi connectivity index (χ0v) is 14.1. The van der Waals surface area contributed by atoms with Crippen LogP contribution in [0.2, 0.25) is 0 Å². The molecule has 2 aromatic rings. The van der Waals surface area contributed by atoms with E-state index in [1.54, 1.807) is 18.5 Å². The van der Waals surface area contributed by atoms with Gasteiger partial charge in [-0.3, -0.25) is 4.98 Å². The SMILES string of the molecule is C=C/C=C/C(=C)SC(=C)c1ccc2cnccc2n1.CCC. The van der Waals surface area contributed by atoms with Gasteiger partial charge in [-0.1, -0.05) is 63.9 Å². The van der Waals surface area contributed by atoms with Crippen LogP contribution in [0.15, 0.2) is 73.5 Å². The molecular weight excluding hydrogens is 288 g/mol. The lowest BCUT2D eigenvalue weighted by Gasteiger charge is -2.05. The quantitative estimate of drug-likeness (QED) is 0.633. The molecule has 0 unspecified atom stereocenters. The minimum absolute atomic E-state index is 0.858. The summed E-state index contributed by atoms with van der Waals surface area (Å²) < 4.78 is 0. The lowest BCUT2D eigenvalue weighted by molar-refractivity contribution is 1.09. The fourth-order valence-electron chi connectivity index (χ4n) is 1.54. The number of hydrogen-bond acceptors (Lipinski definition) is 3. The first-order valence-electron chi connectivity index (χ1n) is 7.18. The van der Waals surface area contributed by atoms with Crippen molar-refractivity contribution >= 4 is 27.6 Å². The van der Waals surface area contributed by atoms with E-state index in [9.17, 15) is 0 Å². The first-order valence-corrected chi connectivity index (χ1v) is 7.99. The van der Waals surface area contributed by atoms with E-state index in [-0.39, 0.29) is 0 Å². The van der Waals surface area contributed by atoms with Crippen molar-refractivity contribution in [1.29, 1.82) is 0 Å². The molecule has 2 rings (SSSR count). The largest absolute Gasteiger partial charge is 0.264 e. The molecule has 3 heteroatoms. The number of allylic oxidation sites excluding steroid dienone is 3. The van der Waals surface area contributed by atoms with Gasteiger partial charge in [0.1, 0.15) is 0 Å². The van der Waals surface area contributed by atoms with E-state index < -0.39 is 0 Å². The Kier molecular flexibility index (Phi) is 7.94. The van der Waals surface area contributed by atoms with Gasteiger partial charge in [0.05, 0.1) is 11.2 Å². The molecule has 2 heterocycles. The smallest absolute Gasteiger partial charge is 0.0770 e. The Bertz CT molecular complexity index is 687. The van der Waals surface area contributed by atoms with Gasteiger partial charge >= 0.3 is 0 Å². The maximum atomic E-state index is 4.56. The second-order valence-corrected chi connectivity index (χ2v) is 5.78. The van der Waals surface area contributed by atoms with Gasteiger partial charge in [-0.05, 0) is 24.3 Å². The molecule has 22 heavy (non-hydrogen) atoms. The topological polar surface area (TPSA) is 25.8 Å². The number of pyridine rings is 2. The summed E-state index contributed by atoms with van der Waals surface area (Å²) in [7, 11) is 0. The van der Waals surface area contributed by atoms with Gasteiger partial charge in [0.25, 0.3) is 0 Å². The number of rotatable bonds is 5. The molecule has 2 nitrogen and oxygen atoms in total. The minimum Gasteiger partial charge on any atom is -0.264 e. The summed E-state index contributed by atoms with van der Waals surface area (Å²) in [6.45, 7) is 15.9. The van der Waals surface area contributed by atoms with Gasteiger partial charge < -0.3 is 0 Å². The Morgan fingerprint density at radius 3 is 2.64 bits per heavy atom. The molecule has 0 aliphatic carbocycles. The molecule has 0 N–H and O–H groups in total. The van der Waals surface area contributed by atoms with E-state index in [1.807, 2.05) is 30.4 Å². The van der Waals surface area contributed by atoms with Gasteiger partial charge in [0.2, 0.25) is 0 Å². The average Bonchev–Trinajstić information content (AvgIpc) is 2.53. The standard InChI is InChI=1S/C16H14N2S.C3H8/c1-4-5-6-12(2)19-13(3)15-8-7-14-11-17-10-9-16(14)18-15;1-3-2/h4-11H,1-3H2;3H2,1-2H3/b6-5+;. The van der Waals surface area contributed by atoms with Crippen LogP contribution >= 0.6 is 11.8 Å². The Morgan fingerprint density at radius 2 is 1.95 bits per heavy atom. The van der Waals surface area contributed by atoms with Crippen LogP contribution in [-0.2, 0) is 0 Å². The Balaban J connectivity index is 0.000000745. The van der Waals surface area contributed by atoms with Crippen molar-refractivity contribution in [3.63, 3.8) is 0 Å². The fourth-order valence-corrected chi connectivity index (χ4v) is 2.22. The number of aromatic nitrogens is 2. The molecular formula is C19H22N2S. The van der Waals surface area contributed by atoms with Crippen molar-refractivity contribution < 1.29 is 0 Å². The summed E-state index contributed by atoms with van der Waals surface area (Å²) in [5.74, 6) is 0. The molecule has 0 amide bonds. The number of hydrogen-bond donors (Lipinski definition) is 0. The van der Waals surface area contributed by atoms with Crippen LogP contribution in [0.4, 0.5) is 0 Å². The van der Waals surface area contributed by atoms with E-state index in [0.29, 0.717) is 0 Å². The number of fused-ring (bicyclic) bond motifs is 1. The van der Waals surface area contributed by atoms with Crippen molar-refractivity contribution in [2.75, 3.05) is 0 Å². The lowest BCUT2D eigenvalue weighted by Crippen LogP contribution is -1.87. The molecule has 0 bridgehead atoms. The monoisotopic (exact) mass is 310 g/mol. The first kappa shape index (κ1) is 17.9. The van der Waals surface area contributed by atoms with Gasteiger partial charge in [0.15, 0.2) is 0 Å².